The van der Waals surface area contributed by atoms with E-state index in [1.807, 2.05) is 0 Å². The summed E-state index contributed by atoms with van der Waals surface area (Å²) in [6, 6.07) is 0. The van der Waals surface area contributed by atoms with Crippen LogP contribution >= 0.6 is 12.4 Å². The van der Waals surface area contributed by atoms with Crippen LogP contribution in [0.3, 0.4) is 0 Å². The molecular formula is C14H30ClN3O. The zero-order valence-electron chi connectivity index (χ0n) is 12.5. The second-order valence-electron chi connectivity index (χ2n) is 6.05. The van der Waals surface area contributed by atoms with Gasteiger partial charge in [-0.15, -0.1) is 12.4 Å². The summed E-state index contributed by atoms with van der Waals surface area (Å²) in [5.74, 6) is 0. The van der Waals surface area contributed by atoms with Gasteiger partial charge in [0, 0.05) is 52.4 Å². The van der Waals surface area contributed by atoms with E-state index in [0.29, 0.717) is 5.41 Å². The van der Waals surface area contributed by atoms with E-state index in [1.165, 1.54) is 52.2 Å². The highest BCUT2D eigenvalue weighted by molar-refractivity contribution is 5.85. The van der Waals surface area contributed by atoms with Crippen LogP contribution in [0.1, 0.15) is 20.3 Å². The standard InChI is InChI=1S/C14H29N3O.ClH/c1-3-18-11-10-16-6-8-17(9-7-16)13-14(2)4-5-15-12-14;/h15H,3-13H2,1-2H3;1H. The minimum Gasteiger partial charge on any atom is -0.380 e. The highest BCUT2D eigenvalue weighted by atomic mass is 35.5. The van der Waals surface area contributed by atoms with Crippen LogP contribution in [0.25, 0.3) is 0 Å². The third kappa shape index (κ3) is 5.56. The fraction of sp³-hybridized carbons (Fsp3) is 1.00. The van der Waals surface area contributed by atoms with Gasteiger partial charge in [-0.25, -0.2) is 0 Å². The van der Waals surface area contributed by atoms with Crippen molar-refractivity contribution in [3.8, 4) is 0 Å². The van der Waals surface area contributed by atoms with E-state index in [2.05, 4.69) is 29.0 Å². The number of hydrogen-bond donors (Lipinski definition) is 1. The largest absolute Gasteiger partial charge is 0.380 e. The summed E-state index contributed by atoms with van der Waals surface area (Å²) in [5, 5.41) is 3.49. The van der Waals surface area contributed by atoms with Crippen molar-refractivity contribution >= 4 is 12.4 Å². The molecule has 2 aliphatic rings. The summed E-state index contributed by atoms with van der Waals surface area (Å²) in [6.07, 6.45) is 1.33. The van der Waals surface area contributed by atoms with Gasteiger partial charge in [0.1, 0.15) is 0 Å². The molecule has 2 saturated heterocycles. The number of nitrogens with one attached hydrogen (secondary N) is 1. The first-order chi connectivity index (χ1) is 8.72. The lowest BCUT2D eigenvalue weighted by Gasteiger charge is -2.38. The molecule has 2 fully saturated rings. The van der Waals surface area contributed by atoms with E-state index in [9.17, 15) is 0 Å². The van der Waals surface area contributed by atoms with Crippen LogP contribution in [-0.2, 0) is 4.74 Å². The van der Waals surface area contributed by atoms with Crippen molar-refractivity contribution in [2.75, 3.05) is 65.6 Å². The van der Waals surface area contributed by atoms with Crippen molar-refractivity contribution in [2.45, 2.75) is 20.3 Å². The zero-order chi connectivity index (χ0) is 12.8. The maximum Gasteiger partial charge on any atom is 0.0593 e. The molecule has 1 unspecified atom stereocenters. The van der Waals surface area contributed by atoms with Crippen molar-refractivity contribution in [1.82, 2.24) is 15.1 Å². The third-order valence-corrected chi connectivity index (χ3v) is 4.28. The predicted octanol–water partition coefficient (Wildman–Crippen LogP) is 1.06. The van der Waals surface area contributed by atoms with Gasteiger partial charge in [-0.3, -0.25) is 4.90 Å². The Morgan fingerprint density at radius 1 is 1.16 bits per heavy atom. The van der Waals surface area contributed by atoms with E-state index in [1.54, 1.807) is 0 Å². The van der Waals surface area contributed by atoms with E-state index in [-0.39, 0.29) is 12.4 Å². The normalized spacial score (nSPS) is 29.4. The summed E-state index contributed by atoms with van der Waals surface area (Å²) < 4.78 is 5.42. The van der Waals surface area contributed by atoms with Crippen LogP contribution in [0.2, 0.25) is 0 Å². The van der Waals surface area contributed by atoms with Gasteiger partial charge in [-0.2, -0.15) is 0 Å². The molecule has 0 spiro atoms. The molecule has 19 heavy (non-hydrogen) atoms. The number of ether oxygens (including phenoxy) is 1. The minimum atomic E-state index is 0. The monoisotopic (exact) mass is 291 g/mol. The lowest BCUT2D eigenvalue weighted by atomic mass is 9.89. The molecule has 1 atom stereocenters. The van der Waals surface area contributed by atoms with Gasteiger partial charge in [0.15, 0.2) is 0 Å². The SMILES string of the molecule is CCOCCN1CCN(CC2(C)CCNC2)CC1.Cl. The smallest absolute Gasteiger partial charge is 0.0593 e. The molecule has 5 heteroatoms. The molecular weight excluding hydrogens is 262 g/mol. The van der Waals surface area contributed by atoms with E-state index in [0.717, 1.165) is 19.8 Å². The van der Waals surface area contributed by atoms with Crippen LogP contribution in [0, 0.1) is 5.41 Å². The van der Waals surface area contributed by atoms with Crippen molar-refractivity contribution in [3.05, 3.63) is 0 Å². The van der Waals surface area contributed by atoms with E-state index < -0.39 is 0 Å². The number of hydrogen-bond acceptors (Lipinski definition) is 4. The first kappa shape index (κ1) is 17.2. The Labute approximate surface area is 124 Å². The Balaban J connectivity index is 0.00000180. The lowest BCUT2D eigenvalue weighted by Crippen LogP contribution is -2.50. The molecule has 0 saturated carbocycles. The first-order valence-electron chi connectivity index (χ1n) is 7.45. The third-order valence-electron chi connectivity index (χ3n) is 4.28. The Morgan fingerprint density at radius 2 is 1.84 bits per heavy atom. The van der Waals surface area contributed by atoms with Crippen molar-refractivity contribution in [2.24, 2.45) is 5.41 Å². The Hall–Kier alpha value is 0.130. The molecule has 0 bridgehead atoms. The van der Waals surface area contributed by atoms with Gasteiger partial charge in [-0.05, 0) is 25.3 Å². The maximum absolute atomic E-state index is 5.42. The highest BCUT2D eigenvalue weighted by Gasteiger charge is 2.31. The molecule has 2 rings (SSSR count). The summed E-state index contributed by atoms with van der Waals surface area (Å²) in [7, 11) is 0. The lowest BCUT2D eigenvalue weighted by molar-refractivity contribution is 0.0666. The summed E-state index contributed by atoms with van der Waals surface area (Å²) in [4.78, 5) is 5.17. The summed E-state index contributed by atoms with van der Waals surface area (Å²) in [6.45, 7) is 15.8. The molecule has 0 amide bonds. The molecule has 2 aliphatic heterocycles. The first-order valence-corrected chi connectivity index (χ1v) is 7.45. The highest BCUT2D eigenvalue weighted by Crippen LogP contribution is 2.26. The van der Waals surface area contributed by atoms with E-state index >= 15 is 0 Å². The van der Waals surface area contributed by atoms with Crippen LogP contribution in [0.5, 0.6) is 0 Å². The Kier molecular flexibility index (Phi) is 7.62. The molecule has 4 nitrogen and oxygen atoms in total. The van der Waals surface area contributed by atoms with Crippen LogP contribution < -0.4 is 5.32 Å². The topological polar surface area (TPSA) is 27.7 Å². The molecule has 114 valence electrons. The molecule has 0 aromatic heterocycles. The Morgan fingerprint density at radius 3 is 2.42 bits per heavy atom. The number of halogens is 1. The summed E-state index contributed by atoms with van der Waals surface area (Å²) >= 11 is 0. The van der Waals surface area contributed by atoms with Gasteiger partial charge in [0.25, 0.3) is 0 Å². The van der Waals surface area contributed by atoms with Crippen LogP contribution in [-0.4, -0.2) is 75.4 Å². The van der Waals surface area contributed by atoms with Crippen LogP contribution in [0.15, 0.2) is 0 Å². The predicted molar refractivity (Wildman–Crippen MR) is 82.2 cm³/mol. The molecule has 0 aliphatic carbocycles. The molecule has 0 aromatic carbocycles. The maximum atomic E-state index is 5.42. The average molecular weight is 292 g/mol. The number of piperazine rings is 1. The number of rotatable bonds is 6. The zero-order valence-corrected chi connectivity index (χ0v) is 13.3. The molecule has 0 aromatic rings. The Bertz CT molecular complexity index is 239. The number of nitrogens with zero attached hydrogens (tertiary/aromatic N) is 2. The fourth-order valence-corrected chi connectivity index (χ4v) is 3.05. The average Bonchev–Trinajstić information content (AvgIpc) is 2.78. The van der Waals surface area contributed by atoms with Gasteiger partial charge in [0.2, 0.25) is 0 Å². The molecule has 1 N–H and O–H groups in total. The van der Waals surface area contributed by atoms with Gasteiger partial charge in [0.05, 0.1) is 6.61 Å². The van der Waals surface area contributed by atoms with Crippen molar-refractivity contribution in [1.29, 1.82) is 0 Å². The second kappa shape index (κ2) is 8.42. The second-order valence-corrected chi connectivity index (χ2v) is 6.05. The molecule has 2 heterocycles. The summed E-state index contributed by atoms with van der Waals surface area (Å²) in [5.41, 5.74) is 0.507. The van der Waals surface area contributed by atoms with Crippen molar-refractivity contribution < 1.29 is 4.74 Å². The van der Waals surface area contributed by atoms with Crippen molar-refractivity contribution in [3.63, 3.8) is 0 Å². The quantitative estimate of drug-likeness (QED) is 0.741. The van der Waals surface area contributed by atoms with Gasteiger partial charge in [-0.1, -0.05) is 6.92 Å². The van der Waals surface area contributed by atoms with E-state index in [4.69, 9.17) is 4.74 Å². The van der Waals surface area contributed by atoms with Crippen LogP contribution in [0.4, 0.5) is 0 Å². The fourth-order valence-electron chi connectivity index (χ4n) is 3.05. The minimum absolute atomic E-state index is 0. The van der Waals surface area contributed by atoms with Gasteiger partial charge >= 0.3 is 0 Å². The van der Waals surface area contributed by atoms with Gasteiger partial charge < -0.3 is 15.0 Å². The molecule has 0 radical (unpaired) electrons.